The Morgan fingerprint density at radius 2 is 2.31 bits per heavy atom. The Balaban J connectivity index is 1.99. The highest BCUT2D eigenvalue weighted by Crippen LogP contribution is 2.16. The van der Waals surface area contributed by atoms with Crippen molar-refractivity contribution in [2.75, 3.05) is 0 Å². The number of rotatable bonds is 4. The molecule has 84 valence electrons. The second-order valence-corrected chi connectivity index (χ2v) is 3.83. The topological polar surface area (TPSA) is 52.8 Å². The molecule has 5 nitrogen and oxygen atoms in total. The Labute approximate surface area is 102 Å². The lowest BCUT2D eigenvalue weighted by atomic mass is 10.2. The third-order valence-corrected chi connectivity index (χ3v) is 2.62. The fourth-order valence-electron chi connectivity index (χ4n) is 1.25. The molecule has 16 heavy (non-hydrogen) atoms. The molecular formula is C10H11BrN4O. The van der Waals surface area contributed by atoms with Crippen LogP contribution in [0.15, 0.2) is 24.3 Å². The molecule has 1 aromatic carbocycles. The number of hydrogen-bond donors (Lipinski definition) is 0. The van der Waals surface area contributed by atoms with Gasteiger partial charge in [-0.1, -0.05) is 28.1 Å². The van der Waals surface area contributed by atoms with Gasteiger partial charge in [0.25, 0.3) is 0 Å². The number of aryl methyl sites for hydroxylation is 1. The van der Waals surface area contributed by atoms with Crippen LogP contribution in [0.5, 0.6) is 5.75 Å². The maximum atomic E-state index is 5.55. The van der Waals surface area contributed by atoms with Gasteiger partial charge in [-0.05, 0) is 22.9 Å². The van der Waals surface area contributed by atoms with Crippen LogP contribution in [0.1, 0.15) is 11.4 Å². The zero-order chi connectivity index (χ0) is 11.4. The lowest BCUT2D eigenvalue weighted by Crippen LogP contribution is -1.99. The van der Waals surface area contributed by atoms with Crippen LogP contribution in [0.3, 0.4) is 0 Å². The second-order valence-electron chi connectivity index (χ2n) is 3.26. The first-order valence-electron chi connectivity index (χ1n) is 4.78. The van der Waals surface area contributed by atoms with Crippen molar-refractivity contribution in [2.24, 2.45) is 7.05 Å². The molecule has 0 spiro atoms. The van der Waals surface area contributed by atoms with Crippen LogP contribution in [0.4, 0.5) is 0 Å². The Morgan fingerprint density at radius 3 is 3.00 bits per heavy atom. The molecule has 0 N–H and O–H groups in total. The zero-order valence-electron chi connectivity index (χ0n) is 8.80. The number of hydrogen-bond acceptors (Lipinski definition) is 4. The maximum absolute atomic E-state index is 5.55. The first-order chi connectivity index (χ1) is 7.78. The number of alkyl halides is 1. The van der Waals surface area contributed by atoms with E-state index in [1.54, 1.807) is 7.05 Å². The molecule has 0 atom stereocenters. The van der Waals surface area contributed by atoms with Gasteiger partial charge < -0.3 is 4.74 Å². The van der Waals surface area contributed by atoms with Crippen LogP contribution in [0, 0.1) is 0 Å². The molecule has 0 amide bonds. The van der Waals surface area contributed by atoms with E-state index in [1.165, 1.54) is 10.4 Å². The molecule has 0 bridgehead atoms. The summed E-state index contributed by atoms with van der Waals surface area (Å²) in [6.45, 7) is 0.333. The number of halogens is 1. The van der Waals surface area contributed by atoms with Crippen LogP contribution in [-0.4, -0.2) is 20.2 Å². The molecule has 0 aliphatic rings. The van der Waals surface area contributed by atoms with Gasteiger partial charge in [-0.2, -0.15) is 4.80 Å². The SMILES string of the molecule is Cn1nnc(COc2cccc(CBr)c2)n1. The number of nitrogens with zero attached hydrogens (tertiary/aromatic N) is 4. The average Bonchev–Trinajstić information content (AvgIpc) is 2.73. The molecule has 0 fully saturated rings. The first kappa shape index (κ1) is 11.1. The van der Waals surface area contributed by atoms with Crippen molar-refractivity contribution in [1.82, 2.24) is 20.2 Å². The predicted octanol–water partition coefficient (Wildman–Crippen LogP) is 1.68. The van der Waals surface area contributed by atoms with E-state index in [0.717, 1.165) is 11.1 Å². The van der Waals surface area contributed by atoms with Crippen molar-refractivity contribution >= 4 is 15.9 Å². The second kappa shape index (κ2) is 5.07. The summed E-state index contributed by atoms with van der Waals surface area (Å²) in [5.74, 6) is 1.39. The third-order valence-electron chi connectivity index (χ3n) is 1.97. The van der Waals surface area contributed by atoms with Crippen LogP contribution >= 0.6 is 15.9 Å². The number of aromatic nitrogens is 4. The monoisotopic (exact) mass is 282 g/mol. The smallest absolute Gasteiger partial charge is 0.212 e. The van der Waals surface area contributed by atoms with Crippen LogP contribution < -0.4 is 4.74 Å². The van der Waals surface area contributed by atoms with Gasteiger partial charge in [0, 0.05) is 5.33 Å². The molecule has 0 saturated heterocycles. The first-order valence-corrected chi connectivity index (χ1v) is 5.90. The normalized spacial score (nSPS) is 10.4. The molecule has 0 aliphatic carbocycles. The highest BCUT2D eigenvalue weighted by atomic mass is 79.9. The lowest BCUT2D eigenvalue weighted by molar-refractivity contribution is 0.295. The van der Waals surface area contributed by atoms with Gasteiger partial charge in [-0.3, -0.25) is 0 Å². The summed E-state index contributed by atoms with van der Waals surface area (Å²) < 4.78 is 5.55. The summed E-state index contributed by atoms with van der Waals surface area (Å²) in [6.07, 6.45) is 0. The third kappa shape index (κ3) is 2.79. The van der Waals surface area contributed by atoms with E-state index in [2.05, 4.69) is 31.3 Å². The highest BCUT2D eigenvalue weighted by Gasteiger charge is 2.01. The van der Waals surface area contributed by atoms with Gasteiger partial charge in [0.2, 0.25) is 5.82 Å². The highest BCUT2D eigenvalue weighted by molar-refractivity contribution is 9.08. The number of ether oxygens (including phenoxy) is 1. The molecule has 0 unspecified atom stereocenters. The largest absolute Gasteiger partial charge is 0.485 e. The Morgan fingerprint density at radius 1 is 1.44 bits per heavy atom. The fraction of sp³-hybridized carbons (Fsp3) is 0.300. The van der Waals surface area contributed by atoms with E-state index in [0.29, 0.717) is 12.4 Å². The van der Waals surface area contributed by atoms with Crippen molar-refractivity contribution in [1.29, 1.82) is 0 Å². The molecule has 0 aliphatic heterocycles. The van der Waals surface area contributed by atoms with E-state index in [9.17, 15) is 0 Å². The van der Waals surface area contributed by atoms with Crippen molar-refractivity contribution in [3.63, 3.8) is 0 Å². The number of tetrazole rings is 1. The molecular weight excluding hydrogens is 272 g/mol. The van der Waals surface area contributed by atoms with Gasteiger partial charge in [-0.15, -0.1) is 10.2 Å². The summed E-state index contributed by atoms with van der Waals surface area (Å²) in [6, 6.07) is 7.87. The van der Waals surface area contributed by atoms with Crippen LogP contribution in [0.2, 0.25) is 0 Å². The van der Waals surface area contributed by atoms with Crippen molar-refractivity contribution in [2.45, 2.75) is 11.9 Å². The Bertz CT molecular complexity index is 471. The lowest BCUT2D eigenvalue weighted by Gasteiger charge is -2.04. The minimum atomic E-state index is 0.333. The van der Waals surface area contributed by atoms with E-state index in [1.807, 2.05) is 24.3 Å². The Kier molecular flexibility index (Phi) is 3.51. The van der Waals surface area contributed by atoms with Gasteiger partial charge in [0.15, 0.2) is 6.61 Å². The summed E-state index contributed by atoms with van der Waals surface area (Å²) in [7, 11) is 1.72. The van der Waals surface area contributed by atoms with Crippen LogP contribution in [0.25, 0.3) is 0 Å². The van der Waals surface area contributed by atoms with E-state index in [-0.39, 0.29) is 0 Å². The summed E-state index contributed by atoms with van der Waals surface area (Å²) in [5.41, 5.74) is 1.17. The van der Waals surface area contributed by atoms with Crippen molar-refractivity contribution in [3.8, 4) is 5.75 Å². The Hall–Kier alpha value is -1.43. The van der Waals surface area contributed by atoms with Gasteiger partial charge in [0.1, 0.15) is 5.75 Å². The molecule has 1 aromatic heterocycles. The van der Waals surface area contributed by atoms with Gasteiger partial charge in [-0.25, -0.2) is 0 Å². The average molecular weight is 283 g/mol. The standard InChI is InChI=1S/C10H11BrN4O/c1-15-13-10(12-14-15)7-16-9-4-2-3-8(5-9)6-11/h2-5H,6-7H2,1H3. The molecule has 6 heteroatoms. The zero-order valence-corrected chi connectivity index (χ0v) is 10.4. The molecule has 0 saturated carbocycles. The minimum Gasteiger partial charge on any atom is -0.485 e. The molecule has 2 aromatic rings. The minimum absolute atomic E-state index is 0.333. The van der Waals surface area contributed by atoms with E-state index < -0.39 is 0 Å². The maximum Gasteiger partial charge on any atom is 0.212 e. The predicted molar refractivity (Wildman–Crippen MR) is 62.2 cm³/mol. The molecule has 0 radical (unpaired) electrons. The van der Waals surface area contributed by atoms with E-state index in [4.69, 9.17) is 4.74 Å². The van der Waals surface area contributed by atoms with Crippen molar-refractivity contribution in [3.05, 3.63) is 35.7 Å². The van der Waals surface area contributed by atoms with E-state index >= 15 is 0 Å². The quantitative estimate of drug-likeness (QED) is 0.801. The summed E-state index contributed by atoms with van der Waals surface area (Å²) in [5, 5.41) is 12.4. The number of benzene rings is 1. The van der Waals surface area contributed by atoms with Crippen molar-refractivity contribution < 1.29 is 4.74 Å². The molecule has 1 heterocycles. The summed E-state index contributed by atoms with van der Waals surface area (Å²) in [4.78, 5) is 1.41. The summed E-state index contributed by atoms with van der Waals surface area (Å²) >= 11 is 3.40. The fourth-order valence-corrected chi connectivity index (χ4v) is 1.60. The van der Waals surface area contributed by atoms with Gasteiger partial charge >= 0.3 is 0 Å². The molecule has 2 rings (SSSR count). The van der Waals surface area contributed by atoms with Crippen LogP contribution in [-0.2, 0) is 19.0 Å². The van der Waals surface area contributed by atoms with Gasteiger partial charge in [0.05, 0.1) is 7.05 Å².